The van der Waals surface area contributed by atoms with Gasteiger partial charge in [0.2, 0.25) is 0 Å². The number of aryl methyl sites for hydroxylation is 1. The molecule has 2 rings (SSSR count). The van der Waals surface area contributed by atoms with Crippen molar-refractivity contribution in [2.75, 3.05) is 12.8 Å². The monoisotopic (exact) mass is 191 g/mol. The summed E-state index contributed by atoms with van der Waals surface area (Å²) in [6.45, 7) is 0. The molecule has 74 valence electrons. The number of rotatable bonds is 1. The summed E-state index contributed by atoms with van der Waals surface area (Å²) in [5, 5.41) is 0. The smallest absolute Gasteiger partial charge is 0.313 e. The summed E-state index contributed by atoms with van der Waals surface area (Å²) in [7, 11) is 1.43. The van der Waals surface area contributed by atoms with Crippen molar-refractivity contribution in [3.05, 3.63) is 29.3 Å². The normalized spacial score (nSPS) is 19.1. The van der Waals surface area contributed by atoms with Crippen molar-refractivity contribution in [2.45, 2.75) is 18.8 Å². The Hall–Kier alpha value is -1.51. The predicted octanol–water partition coefficient (Wildman–Crippen LogP) is 1.47. The largest absolute Gasteiger partial charge is 0.469 e. The van der Waals surface area contributed by atoms with Crippen LogP contribution in [0.3, 0.4) is 0 Å². The Bertz CT molecular complexity index is 374. The van der Waals surface area contributed by atoms with E-state index in [4.69, 9.17) is 10.5 Å². The van der Waals surface area contributed by atoms with Gasteiger partial charge in [-0.05, 0) is 36.1 Å². The van der Waals surface area contributed by atoms with Gasteiger partial charge in [-0.3, -0.25) is 4.79 Å². The predicted molar refractivity (Wildman–Crippen MR) is 53.9 cm³/mol. The molecular weight excluding hydrogens is 178 g/mol. The van der Waals surface area contributed by atoms with Gasteiger partial charge in [0, 0.05) is 5.69 Å². The molecule has 0 saturated heterocycles. The SMILES string of the molecule is COC(=O)[C@@H]1CCc2cc(N)ccc21. The van der Waals surface area contributed by atoms with Crippen LogP contribution < -0.4 is 5.73 Å². The lowest BCUT2D eigenvalue weighted by Crippen LogP contribution is -2.11. The number of nitrogens with two attached hydrogens (primary N) is 1. The van der Waals surface area contributed by atoms with Crippen molar-refractivity contribution in [2.24, 2.45) is 0 Å². The van der Waals surface area contributed by atoms with Crippen LogP contribution in [0.25, 0.3) is 0 Å². The minimum atomic E-state index is -0.145. The topological polar surface area (TPSA) is 52.3 Å². The Balaban J connectivity index is 2.35. The lowest BCUT2D eigenvalue weighted by Gasteiger charge is -2.08. The maximum absolute atomic E-state index is 11.4. The van der Waals surface area contributed by atoms with Gasteiger partial charge in [-0.2, -0.15) is 0 Å². The number of methoxy groups -OCH3 is 1. The zero-order valence-corrected chi connectivity index (χ0v) is 8.12. The Morgan fingerprint density at radius 2 is 2.36 bits per heavy atom. The highest BCUT2D eigenvalue weighted by Gasteiger charge is 2.29. The van der Waals surface area contributed by atoms with Gasteiger partial charge in [-0.15, -0.1) is 0 Å². The molecule has 3 nitrogen and oxygen atoms in total. The molecular formula is C11H13NO2. The van der Waals surface area contributed by atoms with Gasteiger partial charge >= 0.3 is 5.97 Å². The molecule has 0 radical (unpaired) electrons. The highest BCUT2D eigenvalue weighted by molar-refractivity contribution is 5.80. The van der Waals surface area contributed by atoms with Crippen molar-refractivity contribution in [1.82, 2.24) is 0 Å². The number of ether oxygens (including phenoxy) is 1. The van der Waals surface area contributed by atoms with E-state index in [1.807, 2.05) is 18.2 Å². The molecule has 0 amide bonds. The van der Waals surface area contributed by atoms with Crippen LogP contribution in [0.2, 0.25) is 0 Å². The molecule has 1 atom stereocenters. The molecule has 0 fully saturated rings. The average Bonchev–Trinajstić information content (AvgIpc) is 2.59. The fourth-order valence-electron chi connectivity index (χ4n) is 2.02. The molecule has 0 bridgehead atoms. The number of hydrogen-bond donors (Lipinski definition) is 1. The molecule has 14 heavy (non-hydrogen) atoms. The first-order chi connectivity index (χ1) is 6.72. The van der Waals surface area contributed by atoms with E-state index in [1.54, 1.807) is 0 Å². The van der Waals surface area contributed by atoms with Crippen molar-refractivity contribution in [3.8, 4) is 0 Å². The van der Waals surface area contributed by atoms with Crippen LogP contribution in [0.1, 0.15) is 23.5 Å². The first-order valence-corrected chi connectivity index (χ1v) is 4.68. The lowest BCUT2D eigenvalue weighted by molar-refractivity contribution is -0.142. The lowest BCUT2D eigenvalue weighted by atomic mass is 10.0. The molecule has 0 saturated carbocycles. The summed E-state index contributed by atoms with van der Waals surface area (Å²) in [5.41, 5.74) is 8.68. The molecule has 0 heterocycles. The quantitative estimate of drug-likeness (QED) is 0.540. The van der Waals surface area contributed by atoms with E-state index in [9.17, 15) is 4.79 Å². The second-order valence-corrected chi connectivity index (χ2v) is 3.57. The molecule has 0 unspecified atom stereocenters. The highest BCUT2D eigenvalue weighted by Crippen LogP contribution is 2.34. The molecule has 1 aromatic rings. The molecule has 0 aromatic heterocycles. The Labute approximate surface area is 82.9 Å². The summed E-state index contributed by atoms with van der Waals surface area (Å²) in [6.07, 6.45) is 1.76. The van der Waals surface area contributed by atoms with Gasteiger partial charge in [0.1, 0.15) is 0 Å². The second kappa shape index (κ2) is 3.33. The van der Waals surface area contributed by atoms with Crippen molar-refractivity contribution in [1.29, 1.82) is 0 Å². The third kappa shape index (κ3) is 1.35. The maximum atomic E-state index is 11.4. The molecule has 1 aliphatic carbocycles. The van der Waals surface area contributed by atoms with Crippen LogP contribution in [0.15, 0.2) is 18.2 Å². The van der Waals surface area contributed by atoms with Crippen LogP contribution >= 0.6 is 0 Å². The first-order valence-electron chi connectivity index (χ1n) is 4.68. The number of nitrogen functional groups attached to an aromatic ring is 1. The van der Waals surface area contributed by atoms with Gasteiger partial charge in [0.05, 0.1) is 13.0 Å². The number of hydrogen-bond acceptors (Lipinski definition) is 3. The summed E-state index contributed by atoms with van der Waals surface area (Å²) in [5.74, 6) is -0.232. The third-order valence-corrected chi connectivity index (χ3v) is 2.73. The number of carbonyl (C=O) groups excluding carboxylic acids is 1. The summed E-state index contributed by atoms with van der Waals surface area (Å²) in [4.78, 5) is 11.4. The summed E-state index contributed by atoms with van der Waals surface area (Å²) in [6, 6.07) is 5.71. The van der Waals surface area contributed by atoms with Crippen LogP contribution in [0.5, 0.6) is 0 Å². The second-order valence-electron chi connectivity index (χ2n) is 3.57. The average molecular weight is 191 g/mol. The number of esters is 1. The summed E-state index contributed by atoms with van der Waals surface area (Å²) >= 11 is 0. The van der Waals surface area contributed by atoms with E-state index in [0.29, 0.717) is 0 Å². The Morgan fingerprint density at radius 3 is 3.07 bits per heavy atom. The Kier molecular flexibility index (Phi) is 2.15. The zero-order valence-electron chi connectivity index (χ0n) is 8.12. The van der Waals surface area contributed by atoms with Gasteiger partial charge in [0.15, 0.2) is 0 Å². The van der Waals surface area contributed by atoms with Crippen LogP contribution in [0.4, 0.5) is 5.69 Å². The minimum absolute atomic E-state index is 0.0874. The zero-order chi connectivity index (χ0) is 10.1. The van der Waals surface area contributed by atoms with E-state index in [2.05, 4.69) is 0 Å². The van der Waals surface area contributed by atoms with Crippen LogP contribution in [-0.2, 0) is 16.0 Å². The van der Waals surface area contributed by atoms with Crippen LogP contribution in [-0.4, -0.2) is 13.1 Å². The van der Waals surface area contributed by atoms with E-state index in [0.717, 1.165) is 24.1 Å². The van der Waals surface area contributed by atoms with Gasteiger partial charge < -0.3 is 10.5 Å². The molecule has 2 N–H and O–H groups in total. The number of carbonyl (C=O) groups is 1. The molecule has 1 aromatic carbocycles. The molecule has 3 heteroatoms. The Morgan fingerprint density at radius 1 is 1.57 bits per heavy atom. The minimum Gasteiger partial charge on any atom is -0.469 e. The standard InChI is InChI=1S/C11H13NO2/c1-14-11(13)10-4-2-7-6-8(12)3-5-9(7)10/h3,5-6,10H,2,4,12H2,1H3/t10-/m1/s1. The van der Waals surface area contributed by atoms with Gasteiger partial charge in [-0.1, -0.05) is 6.07 Å². The summed E-state index contributed by atoms with van der Waals surface area (Å²) < 4.78 is 4.75. The number of benzene rings is 1. The molecule has 0 spiro atoms. The number of anilines is 1. The van der Waals surface area contributed by atoms with E-state index >= 15 is 0 Å². The van der Waals surface area contributed by atoms with Gasteiger partial charge in [-0.25, -0.2) is 0 Å². The van der Waals surface area contributed by atoms with Crippen molar-refractivity contribution >= 4 is 11.7 Å². The van der Waals surface area contributed by atoms with E-state index in [1.165, 1.54) is 12.7 Å². The maximum Gasteiger partial charge on any atom is 0.313 e. The first kappa shape index (κ1) is 9.06. The van der Waals surface area contributed by atoms with Crippen LogP contribution in [0, 0.1) is 0 Å². The van der Waals surface area contributed by atoms with Crippen molar-refractivity contribution < 1.29 is 9.53 Å². The fraction of sp³-hybridized carbons (Fsp3) is 0.364. The van der Waals surface area contributed by atoms with E-state index in [-0.39, 0.29) is 11.9 Å². The van der Waals surface area contributed by atoms with Gasteiger partial charge in [0.25, 0.3) is 0 Å². The molecule has 1 aliphatic rings. The third-order valence-electron chi connectivity index (χ3n) is 2.73. The van der Waals surface area contributed by atoms with E-state index < -0.39 is 0 Å². The van der Waals surface area contributed by atoms with Crippen molar-refractivity contribution in [3.63, 3.8) is 0 Å². The fourth-order valence-corrected chi connectivity index (χ4v) is 2.02. The molecule has 0 aliphatic heterocycles. The highest BCUT2D eigenvalue weighted by atomic mass is 16.5. The number of fused-ring (bicyclic) bond motifs is 1.